The van der Waals surface area contributed by atoms with E-state index in [-0.39, 0.29) is 0 Å². The highest BCUT2D eigenvalue weighted by Gasteiger charge is 2.14. The van der Waals surface area contributed by atoms with Crippen molar-refractivity contribution in [2.24, 2.45) is 0 Å². The molecule has 2 aromatic carbocycles. The van der Waals surface area contributed by atoms with E-state index < -0.39 is 0 Å². The number of hydrogen-bond acceptors (Lipinski definition) is 5. The van der Waals surface area contributed by atoms with E-state index in [1.807, 2.05) is 6.07 Å². The van der Waals surface area contributed by atoms with Crippen molar-refractivity contribution >= 4 is 5.69 Å². The molecule has 0 spiro atoms. The molecular weight excluding hydrogens is 256 g/mol. The van der Waals surface area contributed by atoms with Crippen LogP contribution >= 0.6 is 0 Å². The van der Waals surface area contributed by atoms with Crippen LogP contribution in [0.15, 0.2) is 36.4 Å². The summed E-state index contributed by atoms with van der Waals surface area (Å²) in [4.78, 5) is 0. The number of anilines is 1. The number of methoxy groups -OCH3 is 2. The van der Waals surface area contributed by atoms with E-state index in [9.17, 15) is 0 Å². The molecule has 102 valence electrons. The average Bonchev–Trinajstić information content (AvgIpc) is 2.49. The van der Waals surface area contributed by atoms with Gasteiger partial charge in [-0.15, -0.1) is 0 Å². The molecular formula is C15H14N2O3. The molecule has 0 heterocycles. The molecule has 0 bridgehead atoms. The van der Waals surface area contributed by atoms with Gasteiger partial charge in [0.25, 0.3) is 0 Å². The lowest BCUT2D eigenvalue weighted by atomic mass is 10.2. The lowest BCUT2D eigenvalue weighted by Crippen LogP contribution is -1.97. The fourth-order valence-corrected chi connectivity index (χ4v) is 1.74. The number of rotatable bonds is 4. The molecule has 0 saturated heterocycles. The number of benzene rings is 2. The van der Waals surface area contributed by atoms with Gasteiger partial charge in [0, 0.05) is 0 Å². The molecule has 20 heavy (non-hydrogen) atoms. The van der Waals surface area contributed by atoms with Gasteiger partial charge in [-0.2, -0.15) is 5.26 Å². The maximum Gasteiger partial charge on any atom is 0.211 e. The van der Waals surface area contributed by atoms with E-state index >= 15 is 0 Å². The predicted octanol–water partition coefficient (Wildman–Crippen LogP) is 2.95. The number of para-hydroxylation sites is 1. The third-order valence-electron chi connectivity index (χ3n) is 2.73. The van der Waals surface area contributed by atoms with Crippen molar-refractivity contribution in [2.45, 2.75) is 0 Å². The first-order chi connectivity index (χ1) is 9.69. The van der Waals surface area contributed by atoms with Crippen molar-refractivity contribution in [1.29, 1.82) is 5.26 Å². The quantitative estimate of drug-likeness (QED) is 0.864. The second kappa shape index (κ2) is 5.85. The van der Waals surface area contributed by atoms with Crippen LogP contribution in [-0.4, -0.2) is 14.2 Å². The lowest BCUT2D eigenvalue weighted by Gasteiger charge is -2.14. The Morgan fingerprint density at radius 3 is 2.15 bits per heavy atom. The monoisotopic (exact) mass is 270 g/mol. The van der Waals surface area contributed by atoms with E-state index in [0.29, 0.717) is 34.2 Å². The van der Waals surface area contributed by atoms with Crippen molar-refractivity contribution in [2.75, 3.05) is 20.0 Å². The highest BCUT2D eigenvalue weighted by Crippen LogP contribution is 2.41. The van der Waals surface area contributed by atoms with Crippen molar-refractivity contribution < 1.29 is 14.2 Å². The van der Waals surface area contributed by atoms with Gasteiger partial charge < -0.3 is 19.9 Å². The number of nitrogens with zero attached hydrogens (tertiary/aromatic N) is 1. The molecule has 0 saturated carbocycles. The van der Waals surface area contributed by atoms with Gasteiger partial charge in [-0.05, 0) is 30.3 Å². The Bertz CT molecular complexity index is 640. The zero-order valence-corrected chi connectivity index (χ0v) is 11.2. The second-order valence-electron chi connectivity index (χ2n) is 3.96. The normalized spacial score (nSPS) is 9.65. The molecule has 2 rings (SSSR count). The summed E-state index contributed by atoms with van der Waals surface area (Å²) in [6.07, 6.45) is 0. The molecule has 2 N–H and O–H groups in total. The molecule has 0 unspecified atom stereocenters. The molecule has 0 amide bonds. The molecule has 5 heteroatoms. The van der Waals surface area contributed by atoms with Crippen LogP contribution in [0.5, 0.6) is 23.0 Å². The predicted molar refractivity (Wildman–Crippen MR) is 75.2 cm³/mol. The van der Waals surface area contributed by atoms with Gasteiger partial charge in [-0.25, -0.2) is 0 Å². The maximum absolute atomic E-state index is 8.82. The smallest absolute Gasteiger partial charge is 0.211 e. The Balaban J connectivity index is 2.42. The third kappa shape index (κ3) is 2.59. The molecule has 0 aromatic heterocycles. The minimum Gasteiger partial charge on any atom is -0.493 e. The summed E-state index contributed by atoms with van der Waals surface area (Å²) in [6.45, 7) is 0. The summed E-state index contributed by atoms with van der Waals surface area (Å²) in [5, 5.41) is 8.82. The summed E-state index contributed by atoms with van der Waals surface area (Å²) in [5.41, 5.74) is 6.72. The topological polar surface area (TPSA) is 77.5 Å². The van der Waals surface area contributed by atoms with Crippen molar-refractivity contribution in [3.8, 4) is 29.1 Å². The number of hydrogen-bond donors (Lipinski definition) is 1. The van der Waals surface area contributed by atoms with Gasteiger partial charge in [0.15, 0.2) is 17.2 Å². The Hall–Kier alpha value is -2.87. The van der Waals surface area contributed by atoms with Gasteiger partial charge >= 0.3 is 0 Å². The van der Waals surface area contributed by atoms with E-state index in [4.69, 9.17) is 25.2 Å². The van der Waals surface area contributed by atoms with Crippen molar-refractivity contribution in [3.05, 3.63) is 42.0 Å². The lowest BCUT2D eigenvalue weighted by molar-refractivity contribution is 0.347. The number of ether oxygens (including phenoxy) is 3. The SMILES string of the molecule is COc1cccc(OC)c1Oc1ccc(C#N)cc1N. The highest BCUT2D eigenvalue weighted by atomic mass is 16.5. The molecule has 0 aliphatic rings. The first-order valence-electron chi connectivity index (χ1n) is 5.88. The van der Waals surface area contributed by atoms with Gasteiger partial charge in [-0.3, -0.25) is 0 Å². The molecule has 0 radical (unpaired) electrons. The fourth-order valence-electron chi connectivity index (χ4n) is 1.74. The number of nitriles is 1. The van der Waals surface area contributed by atoms with Crippen molar-refractivity contribution in [3.63, 3.8) is 0 Å². The van der Waals surface area contributed by atoms with Crippen LogP contribution < -0.4 is 19.9 Å². The first kappa shape index (κ1) is 13.6. The van der Waals surface area contributed by atoms with E-state index in [1.165, 1.54) is 0 Å². The van der Waals surface area contributed by atoms with Gasteiger partial charge in [0.2, 0.25) is 5.75 Å². The second-order valence-corrected chi connectivity index (χ2v) is 3.96. The van der Waals surface area contributed by atoms with Crippen LogP contribution in [-0.2, 0) is 0 Å². The van der Waals surface area contributed by atoms with Crippen LogP contribution in [0.1, 0.15) is 5.56 Å². The van der Waals surface area contributed by atoms with Gasteiger partial charge in [0.05, 0.1) is 31.5 Å². The minimum atomic E-state index is 0.372. The molecule has 0 aliphatic heterocycles. The zero-order valence-electron chi connectivity index (χ0n) is 11.2. The van der Waals surface area contributed by atoms with E-state index in [0.717, 1.165) is 0 Å². The Morgan fingerprint density at radius 1 is 1.00 bits per heavy atom. The number of nitrogens with two attached hydrogens (primary N) is 1. The largest absolute Gasteiger partial charge is 0.493 e. The molecule has 0 atom stereocenters. The Morgan fingerprint density at radius 2 is 1.65 bits per heavy atom. The summed E-state index contributed by atoms with van der Waals surface area (Å²) < 4.78 is 16.3. The summed E-state index contributed by atoms with van der Waals surface area (Å²) in [6, 6.07) is 12.2. The summed E-state index contributed by atoms with van der Waals surface area (Å²) >= 11 is 0. The van der Waals surface area contributed by atoms with Crippen LogP contribution in [0.3, 0.4) is 0 Å². The molecule has 0 fully saturated rings. The van der Waals surface area contributed by atoms with Crippen LogP contribution in [0.4, 0.5) is 5.69 Å². The zero-order chi connectivity index (χ0) is 14.5. The third-order valence-corrected chi connectivity index (χ3v) is 2.73. The highest BCUT2D eigenvalue weighted by molar-refractivity contribution is 5.60. The fraction of sp³-hybridized carbons (Fsp3) is 0.133. The van der Waals surface area contributed by atoms with Crippen LogP contribution in [0, 0.1) is 11.3 Å². The molecule has 2 aromatic rings. The van der Waals surface area contributed by atoms with E-state index in [2.05, 4.69) is 0 Å². The Kier molecular flexibility index (Phi) is 3.96. The average molecular weight is 270 g/mol. The standard InChI is InChI=1S/C15H14N2O3/c1-18-13-4-3-5-14(19-2)15(13)20-12-7-6-10(9-16)8-11(12)17/h3-8H,17H2,1-2H3. The minimum absolute atomic E-state index is 0.372. The first-order valence-corrected chi connectivity index (χ1v) is 5.88. The van der Waals surface area contributed by atoms with Gasteiger partial charge in [0.1, 0.15) is 0 Å². The summed E-state index contributed by atoms with van der Waals surface area (Å²) in [5.74, 6) is 1.95. The summed E-state index contributed by atoms with van der Waals surface area (Å²) in [7, 11) is 3.09. The molecule has 5 nitrogen and oxygen atoms in total. The van der Waals surface area contributed by atoms with Crippen LogP contribution in [0.25, 0.3) is 0 Å². The number of nitrogen functional groups attached to an aromatic ring is 1. The molecule has 0 aliphatic carbocycles. The van der Waals surface area contributed by atoms with Crippen LogP contribution in [0.2, 0.25) is 0 Å². The van der Waals surface area contributed by atoms with E-state index in [1.54, 1.807) is 50.6 Å². The Labute approximate surface area is 117 Å². The van der Waals surface area contributed by atoms with Gasteiger partial charge in [-0.1, -0.05) is 6.07 Å². The maximum atomic E-state index is 8.82. The van der Waals surface area contributed by atoms with Crippen molar-refractivity contribution in [1.82, 2.24) is 0 Å².